The molecule has 1 aliphatic heterocycles. The van der Waals surface area contributed by atoms with Gasteiger partial charge < -0.3 is 19.5 Å². The third-order valence-electron chi connectivity index (χ3n) is 4.85. The number of amides is 1. The van der Waals surface area contributed by atoms with Crippen LogP contribution in [0, 0.1) is 0 Å². The molecule has 0 aliphatic carbocycles. The lowest BCUT2D eigenvalue weighted by molar-refractivity contribution is 0.0951. The number of hydrogen-bond donors (Lipinski definition) is 1. The molecule has 0 spiro atoms. The summed E-state index contributed by atoms with van der Waals surface area (Å²) in [6, 6.07) is 13.6. The lowest BCUT2D eigenvalue weighted by Gasteiger charge is -2.10. The molecule has 7 heteroatoms. The Kier molecular flexibility index (Phi) is 5.99. The highest BCUT2D eigenvalue weighted by Gasteiger charge is 2.19. The van der Waals surface area contributed by atoms with Crippen molar-refractivity contribution in [1.82, 2.24) is 15.1 Å². The van der Waals surface area contributed by atoms with Crippen molar-refractivity contribution < 1.29 is 19.0 Å². The molecular formula is C23H25N3O4. The number of fused-ring (bicyclic) bond motifs is 1. The Bertz CT molecular complexity index is 1040. The Morgan fingerprint density at radius 3 is 2.77 bits per heavy atom. The monoisotopic (exact) mass is 407 g/mol. The number of carbonyl (C=O) groups is 1. The maximum absolute atomic E-state index is 12.9. The van der Waals surface area contributed by atoms with Gasteiger partial charge in [0.05, 0.1) is 25.4 Å². The number of benzene rings is 2. The predicted molar refractivity (Wildman–Crippen MR) is 113 cm³/mol. The number of nitrogens with zero attached hydrogens (tertiary/aromatic N) is 2. The van der Waals surface area contributed by atoms with E-state index in [4.69, 9.17) is 14.2 Å². The molecule has 0 bridgehead atoms. The van der Waals surface area contributed by atoms with Crippen molar-refractivity contribution in [3.05, 3.63) is 65.4 Å². The largest absolute Gasteiger partial charge is 0.490 e. The highest BCUT2D eigenvalue weighted by Crippen LogP contribution is 2.34. The van der Waals surface area contributed by atoms with Gasteiger partial charge in [-0.15, -0.1) is 0 Å². The van der Waals surface area contributed by atoms with Crippen molar-refractivity contribution in [2.45, 2.75) is 19.6 Å². The molecule has 0 saturated heterocycles. The van der Waals surface area contributed by atoms with E-state index in [2.05, 4.69) is 10.4 Å². The Balaban J connectivity index is 1.54. The molecule has 2 aromatic carbocycles. The van der Waals surface area contributed by atoms with Gasteiger partial charge in [-0.1, -0.05) is 24.3 Å². The van der Waals surface area contributed by atoms with Gasteiger partial charge in [0.1, 0.15) is 5.69 Å². The molecular weight excluding hydrogens is 382 g/mol. The van der Waals surface area contributed by atoms with Crippen LogP contribution in [0.15, 0.2) is 48.7 Å². The van der Waals surface area contributed by atoms with Gasteiger partial charge in [0, 0.05) is 38.9 Å². The SMILES string of the molecule is COCc1cccc(CNC(=O)c2cn(C)nc2-c2ccc3c(c2)OCCCO3)c1. The Hall–Kier alpha value is -3.32. The first-order valence-corrected chi connectivity index (χ1v) is 9.92. The Morgan fingerprint density at radius 2 is 1.93 bits per heavy atom. The minimum atomic E-state index is -0.178. The van der Waals surface area contributed by atoms with Crippen molar-refractivity contribution in [2.75, 3.05) is 20.3 Å². The molecule has 2 heterocycles. The number of nitrogens with one attached hydrogen (secondary N) is 1. The molecule has 0 unspecified atom stereocenters. The van der Waals surface area contributed by atoms with E-state index in [1.54, 1.807) is 25.0 Å². The van der Waals surface area contributed by atoms with E-state index in [9.17, 15) is 4.79 Å². The van der Waals surface area contributed by atoms with Gasteiger partial charge in [0.2, 0.25) is 0 Å². The average Bonchev–Trinajstić information content (AvgIpc) is 2.99. The zero-order chi connectivity index (χ0) is 20.9. The standard InChI is InChI=1S/C23H25N3O4/c1-26-14-19(23(27)24-13-16-5-3-6-17(11-16)15-28-2)22(25-26)18-7-8-20-21(12-18)30-10-4-9-29-20/h3,5-8,11-12,14H,4,9-10,13,15H2,1-2H3,(H,24,27). The van der Waals surface area contributed by atoms with Crippen molar-refractivity contribution >= 4 is 5.91 Å². The smallest absolute Gasteiger partial charge is 0.255 e. The van der Waals surface area contributed by atoms with E-state index in [0.717, 1.165) is 23.1 Å². The van der Waals surface area contributed by atoms with Gasteiger partial charge in [-0.25, -0.2) is 0 Å². The van der Waals surface area contributed by atoms with Gasteiger partial charge in [-0.2, -0.15) is 5.10 Å². The summed E-state index contributed by atoms with van der Waals surface area (Å²) in [6.45, 7) is 2.20. The van der Waals surface area contributed by atoms with Gasteiger partial charge in [-0.3, -0.25) is 9.48 Å². The summed E-state index contributed by atoms with van der Waals surface area (Å²) in [5, 5.41) is 7.50. The molecule has 1 N–H and O–H groups in total. The van der Waals surface area contributed by atoms with Gasteiger partial charge in [-0.05, 0) is 29.3 Å². The lowest BCUT2D eigenvalue weighted by atomic mass is 10.1. The van der Waals surface area contributed by atoms with Crippen LogP contribution < -0.4 is 14.8 Å². The molecule has 156 valence electrons. The molecule has 4 rings (SSSR count). The highest BCUT2D eigenvalue weighted by atomic mass is 16.5. The quantitative estimate of drug-likeness (QED) is 0.679. The Labute approximate surface area is 175 Å². The molecule has 3 aromatic rings. The summed E-state index contributed by atoms with van der Waals surface area (Å²) in [6.07, 6.45) is 2.57. The fourth-order valence-corrected chi connectivity index (χ4v) is 3.45. The molecule has 1 aromatic heterocycles. The van der Waals surface area contributed by atoms with Crippen LogP contribution in [0.2, 0.25) is 0 Å². The van der Waals surface area contributed by atoms with Crippen molar-refractivity contribution in [2.24, 2.45) is 7.05 Å². The molecule has 0 radical (unpaired) electrons. The highest BCUT2D eigenvalue weighted by molar-refractivity contribution is 5.99. The zero-order valence-electron chi connectivity index (χ0n) is 17.2. The number of rotatable bonds is 6. The summed E-state index contributed by atoms with van der Waals surface area (Å²) in [5.41, 5.74) is 4.02. The molecule has 1 amide bonds. The van der Waals surface area contributed by atoms with E-state index in [1.807, 2.05) is 42.5 Å². The van der Waals surface area contributed by atoms with Gasteiger partial charge in [0.25, 0.3) is 5.91 Å². The van der Waals surface area contributed by atoms with Crippen LogP contribution in [0.1, 0.15) is 27.9 Å². The second-order valence-corrected chi connectivity index (χ2v) is 7.21. The first-order chi connectivity index (χ1) is 14.6. The minimum absolute atomic E-state index is 0.178. The predicted octanol–water partition coefficient (Wildman–Crippen LogP) is 3.32. The number of ether oxygens (including phenoxy) is 3. The number of methoxy groups -OCH3 is 1. The minimum Gasteiger partial charge on any atom is -0.490 e. The Morgan fingerprint density at radius 1 is 1.13 bits per heavy atom. The first kappa shape index (κ1) is 20.0. The second kappa shape index (κ2) is 9.00. The zero-order valence-corrected chi connectivity index (χ0v) is 17.2. The maximum atomic E-state index is 12.9. The number of aromatic nitrogens is 2. The number of hydrogen-bond acceptors (Lipinski definition) is 5. The first-order valence-electron chi connectivity index (χ1n) is 9.92. The maximum Gasteiger partial charge on any atom is 0.255 e. The average molecular weight is 407 g/mol. The van der Waals surface area contributed by atoms with Crippen LogP contribution in [0.3, 0.4) is 0 Å². The topological polar surface area (TPSA) is 74.6 Å². The van der Waals surface area contributed by atoms with Crippen LogP contribution in [0.4, 0.5) is 0 Å². The van der Waals surface area contributed by atoms with Crippen molar-refractivity contribution in [1.29, 1.82) is 0 Å². The fourth-order valence-electron chi connectivity index (χ4n) is 3.45. The summed E-state index contributed by atoms with van der Waals surface area (Å²) in [5.74, 6) is 1.22. The van der Waals surface area contributed by atoms with Crippen LogP contribution in [0.25, 0.3) is 11.3 Å². The molecule has 0 saturated carbocycles. The second-order valence-electron chi connectivity index (χ2n) is 7.21. The molecule has 30 heavy (non-hydrogen) atoms. The van der Waals surface area contributed by atoms with Crippen LogP contribution in [0.5, 0.6) is 11.5 Å². The van der Waals surface area contributed by atoms with Crippen LogP contribution >= 0.6 is 0 Å². The van der Waals surface area contributed by atoms with E-state index >= 15 is 0 Å². The third kappa shape index (κ3) is 4.46. The summed E-state index contributed by atoms with van der Waals surface area (Å²) in [7, 11) is 3.47. The van der Waals surface area contributed by atoms with Gasteiger partial charge >= 0.3 is 0 Å². The van der Waals surface area contributed by atoms with E-state index in [1.165, 1.54) is 0 Å². The van der Waals surface area contributed by atoms with Crippen LogP contribution in [-0.2, 0) is 24.9 Å². The van der Waals surface area contributed by atoms with E-state index in [0.29, 0.717) is 49.1 Å². The van der Waals surface area contributed by atoms with E-state index < -0.39 is 0 Å². The fraction of sp³-hybridized carbons (Fsp3) is 0.304. The molecule has 1 aliphatic rings. The molecule has 0 atom stereocenters. The molecule has 0 fully saturated rings. The molecule has 7 nitrogen and oxygen atoms in total. The number of aryl methyl sites for hydroxylation is 1. The summed E-state index contributed by atoms with van der Waals surface area (Å²) < 4.78 is 18.3. The summed E-state index contributed by atoms with van der Waals surface area (Å²) in [4.78, 5) is 12.9. The lowest BCUT2D eigenvalue weighted by Crippen LogP contribution is -2.23. The summed E-state index contributed by atoms with van der Waals surface area (Å²) >= 11 is 0. The normalized spacial score (nSPS) is 13.0. The van der Waals surface area contributed by atoms with Crippen molar-refractivity contribution in [3.8, 4) is 22.8 Å². The van der Waals surface area contributed by atoms with E-state index in [-0.39, 0.29) is 5.91 Å². The van der Waals surface area contributed by atoms with Crippen LogP contribution in [-0.4, -0.2) is 36.0 Å². The number of carbonyl (C=O) groups excluding carboxylic acids is 1. The van der Waals surface area contributed by atoms with Crippen molar-refractivity contribution in [3.63, 3.8) is 0 Å². The third-order valence-corrected chi connectivity index (χ3v) is 4.85. The van der Waals surface area contributed by atoms with Gasteiger partial charge in [0.15, 0.2) is 11.5 Å².